The number of phenolic OH excluding ortho intramolecular Hbond substituents is 1. The molecule has 1 aliphatic heterocycles. The smallest absolute Gasteiger partial charge is 0.346 e. The minimum absolute atomic E-state index is 0.0189. The van der Waals surface area contributed by atoms with Gasteiger partial charge in [0.2, 0.25) is 11.6 Å². The minimum Gasteiger partial charge on any atom is -0.507 e. The van der Waals surface area contributed by atoms with E-state index in [1.807, 2.05) is 0 Å². The third-order valence-corrected chi connectivity index (χ3v) is 4.65. The summed E-state index contributed by atoms with van der Waals surface area (Å²) < 4.78 is 15.9. The van der Waals surface area contributed by atoms with Gasteiger partial charge in [0.25, 0.3) is 0 Å². The van der Waals surface area contributed by atoms with Gasteiger partial charge in [-0.1, -0.05) is 6.92 Å². The maximum absolute atomic E-state index is 12.6. The molecule has 27 heavy (non-hydrogen) atoms. The zero-order chi connectivity index (χ0) is 20.1. The Balaban J connectivity index is 2.38. The van der Waals surface area contributed by atoms with Crippen molar-refractivity contribution < 1.29 is 38.8 Å². The number of cyclic esters (lactones) is 1. The molecule has 0 bridgehead atoms. The van der Waals surface area contributed by atoms with Crippen molar-refractivity contribution in [2.45, 2.75) is 45.3 Å². The number of Topliss-reactive ketones (excluding diaryl/α,β-unsaturated/α-hetero) is 2. The van der Waals surface area contributed by atoms with Gasteiger partial charge >= 0.3 is 5.97 Å². The summed E-state index contributed by atoms with van der Waals surface area (Å²) in [6.07, 6.45) is -1.73. The predicted octanol–water partition coefficient (Wildman–Crippen LogP) is 1.64. The van der Waals surface area contributed by atoms with Crippen molar-refractivity contribution in [3.8, 4) is 17.2 Å². The van der Waals surface area contributed by atoms with Gasteiger partial charge in [0.1, 0.15) is 35.0 Å². The molecule has 0 radical (unpaired) electrons. The van der Waals surface area contributed by atoms with Crippen LogP contribution in [0.3, 0.4) is 0 Å². The third-order valence-electron chi connectivity index (χ3n) is 4.65. The number of rotatable bonds is 1. The number of hydrogen-bond donors (Lipinski definition) is 2. The van der Waals surface area contributed by atoms with E-state index in [0.29, 0.717) is 6.42 Å². The first kappa shape index (κ1) is 20.7. The maximum Gasteiger partial charge on any atom is 0.346 e. The lowest BCUT2D eigenvalue weighted by atomic mass is 9.95. The molecule has 1 aliphatic rings. The highest BCUT2D eigenvalue weighted by Gasteiger charge is 2.28. The Morgan fingerprint density at radius 2 is 1.85 bits per heavy atom. The molecule has 1 aromatic rings. The van der Waals surface area contributed by atoms with Gasteiger partial charge in [-0.25, -0.2) is 4.79 Å². The first-order chi connectivity index (χ1) is 12.7. The first-order valence-electron chi connectivity index (χ1n) is 8.74. The van der Waals surface area contributed by atoms with Crippen LogP contribution in [0.5, 0.6) is 17.2 Å². The Labute approximate surface area is 157 Å². The van der Waals surface area contributed by atoms with Gasteiger partial charge in [-0.05, 0) is 25.7 Å². The van der Waals surface area contributed by atoms with E-state index in [1.165, 1.54) is 19.2 Å². The van der Waals surface area contributed by atoms with E-state index in [1.54, 1.807) is 13.8 Å². The molecule has 148 valence electrons. The van der Waals surface area contributed by atoms with Gasteiger partial charge in [-0.15, -0.1) is 0 Å². The fraction of sp³-hybridized carbons (Fsp3) is 0.526. The highest BCUT2D eigenvalue weighted by atomic mass is 16.5. The van der Waals surface area contributed by atoms with Crippen LogP contribution in [0.15, 0.2) is 12.1 Å². The van der Waals surface area contributed by atoms with Crippen molar-refractivity contribution in [1.29, 1.82) is 0 Å². The number of fused-ring (bicyclic) bond motifs is 1. The Bertz CT molecular complexity index is 727. The predicted molar refractivity (Wildman–Crippen MR) is 94.1 cm³/mol. The summed E-state index contributed by atoms with van der Waals surface area (Å²) in [4.78, 5) is 36.5. The van der Waals surface area contributed by atoms with Crippen LogP contribution in [-0.4, -0.2) is 53.7 Å². The third kappa shape index (κ3) is 4.97. The largest absolute Gasteiger partial charge is 0.507 e. The van der Waals surface area contributed by atoms with Crippen LogP contribution in [0, 0.1) is 5.92 Å². The lowest BCUT2D eigenvalue weighted by Gasteiger charge is -2.23. The van der Waals surface area contributed by atoms with E-state index >= 15 is 0 Å². The van der Waals surface area contributed by atoms with Gasteiger partial charge < -0.3 is 24.4 Å². The molecular weight excluding hydrogens is 356 g/mol. The summed E-state index contributed by atoms with van der Waals surface area (Å²) >= 11 is 0. The number of aliphatic hydroxyl groups excluding tert-OH is 1. The van der Waals surface area contributed by atoms with Gasteiger partial charge in [0.15, 0.2) is 0 Å². The molecule has 2 N–H and O–H groups in total. The summed E-state index contributed by atoms with van der Waals surface area (Å²) in [7, 11) is 1.38. The van der Waals surface area contributed by atoms with Crippen LogP contribution in [-0.2, 0) is 14.3 Å². The monoisotopic (exact) mass is 380 g/mol. The van der Waals surface area contributed by atoms with Crippen LogP contribution < -0.4 is 9.47 Å². The molecule has 0 saturated carbocycles. The quantitative estimate of drug-likeness (QED) is 0.557. The summed E-state index contributed by atoms with van der Waals surface area (Å²) in [6.45, 7) is 3.26. The molecule has 3 atom stereocenters. The molecule has 1 unspecified atom stereocenters. The van der Waals surface area contributed by atoms with E-state index in [4.69, 9.17) is 14.2 Å². The molecular formula is C19H24O8. The molecule has 0 spiro atoms. The number of aliphatic hydroxyl groups is 1. The van der Waals surface area contributed by atoms with Crippen molar-refractivity contribution in [2.75, 3.05) is 13.7 Å². The lowest BCUT2D eigenvalue weighted by Crippen LogP contribution is -2.31. The van der Waals surface area contributed by atoms with Crippen molar-refractivity contribution in [1.82, 2.24) is 0 Å². The van der Waals surface area contributed by atoms with Gasteiger partial charge in [0, 0.05) is 18.6 Å². The van der Waals surface area contributed by atoms with Crippen LogP contribution in [0.1, 0.15) is 43.5 Å². The van der Waals surface area contributed by atoms with Crippen molar-refractivity contribution >= 4 is 17.5 Å². The number of phenols is 1. The lowest BCUT2D eigenvalue weighted by molar-refractivity contribution is -0.142. The van der Waals surface area contributed by atoms with Gasteiger partial charge in [-0.2, -0.15) is 0 Å². The number of carbonyl (C=O) groups excluding carboxylic acids is 3. The first-order valence-corrected chi connectivity index (χ1v) is 8.74. The summed E-state index contributed by atoms with van der Waals surface area (Å²) in [5, 5.41) is 20.1. The van der Waals surface area contributed by atoms with E-state index < -0.39 is 29.7 Å². The fourth-order valence-corrected chi connectivity index (χ4v) is 2.71. The second-order valence-electron chi connectivity index (χ2n) is 6.59. The van der Waals surface area contributed by atoms with Crippen LogP contribution >= 0.6 is 0 Å². The Morgan fingerprint density at radius 3 is 2.52 bits per heavy atom. The van der Waals surface area contributed by atoms with Gasteiger partial charge in [-0.3, -0.25) is 9.59 Å². The van der Waals surface area contributed by atoms with E-state index in [0.717, 1.165) is 0 Å². The molecule has 0 aromatic heterocycles. The highest BCUT2D eigenvalue weighted by molar-refractivity contribution is 6.38. The number of hydrogen-bond acceptors (Lipinski definition) is 8. The average Bonchev–Trinajstić information content (AvgIpc) is 2.63. The normalized spacial score (nSPS) is 25.0. The molecule has 8 nitrogen and oxygen atoms in total. The SMILES string of the molecule is COc1cc(O)c2c(c1)OCCC(=O)C(=O)C(O)CC[C@@H](C)[C@H](C)OC2=O. The van der Waals surface area contributed by atoms with E-state index in [9.17, 15) is 24.6 Å². The van der Waals surface area contributed by atoms with Gasteiger partial charge in [0.05, 0.1) is 13.7 Å². The van der Waals surface area contributed by atoms with E-state index in [-0.39, 0.29) is 48.2 Å². The zero-order valence-corrected chi connectivity index (χ0v) is 15.6. The molecule has 0 saturated heterocycles. The Morgan fingerprint density at radius 1 is 1.15 bits per heavy atom. The minimum atomic E-state index is -1.39. The molecule has 0 aliphatic carbocycles. The molecule has 1 heterocycles. The number of methoxy groups -OCH3 is 1. The fourth-order valence-electron chi connectivity index (χ4n) is 2.71. The summed E-state index contributed by atoms with van der Waals surface area (Å²) in [5.41, 5.74) is -0.175. The molecule has 8 heteroatoms. The number of aromatic hydroxyl groups is 1. The number of ketones is 2. The molecule has 1 aromatic carbocycles. The Hall–Kier alpha value is -2.61. The average molecular weight is 380 g/mol. The molecule has 2 rings (SSSR count). The second-order valence-corrected chi connectivity index (χ2v) is 6.59. The number of ether oxygens (including phenoxy) is 3. The highest BCUT2D eigenvalue weighted by Crippen LogP contribution is 2.35. The van der Waals surface area contributed by atoms with Crippen molar-refractivity contribution in [3.05, 3.63) is 17.7 Å². The maximum atomic E-state index is 12.6. The van der Waals surface area contributed by atoms with Crippen LogP contribution in [0.4, 0.5) is 0 Å². The van der Waals surface area contributed by atoms with Crippen LogP contribution in [0.2, 0.25) is 0 Å². The van der Waals surface area contributed by atoms with Crippen molar-refractivity contribution in [2.24, 2.45) is 5.92 Å². The second kappa shape index (κ2) is 8.85. The van der Waals surface area contributed by atoms with Crippen molar-refractivity contribution in [3.63, 3.8) is 0 Å². The van der Waals surface area contributed by atoms with Crippen LogP contribution in [0.25, 0.3) is 0 Å². The van der Waals surface area contributed by atoms with E-state index in [2.05, 4.69) is 0 Å². The number of carbonyl (C=O) groups is 3. The number of benzene rings is 1. The zero-order valence-electron chi connectivity index (χ0n) is 15.6. The summed E-state index contributed by atoms with van der Waals surface area (Å²) in [6, 6.07) is 2.64. The number of esters is 1. The Kier molecular flexibility index (Phi) is 6.79. The molecule has 0 amide bonds. The summed E-state index contributed by atoms with van der Waals surface area (Å²) in [5.74, 6) is -2.71. The molecule has 0 fully saturated rings. The standard InChI is InChI=1S/C19H24O8/c1-10-4-5-13(20)18(23)14(21)6-7-26-16-9-12(25-3)8-15(22)17(16)19(24)27-11(10)2/h8-11,13,20,22H,4-7H2,1-3H3/t10-,11+,13?/m1/s1. The topological polar surface area (TPSA) is 119 Å².